The van der Waals surface area contributed by atoms with Gasteiger partial charge in [-0.25, -0.2) is 5.10 Å². The molecule has 2 aromatic heterocycles. The van der Waals surface area contributed by atoms with Crippen LogP contribution in [0.4, 0.5) is 0 Å². The van der Waals surface area contributed by atoms with Crippen molar-refractivity contribution in [3.8, 4) is 28.7 Å². The number of fused-ring (bicyclic) bond motifs is 1. The minimum atomic E-state index is -0.255. The summed E-state index contributed by atoms with van der Waals surface area (Å²) in [5.74, 6) is 1.17. The molecule has 0 saturated carbocycles. The van der Waals surface area contributed by atoms with Crippen molar-refractivity contribution in [1.82, 2.24) is 15.2 Å². The van der Waals surface area contributed by atoms with E-state index < -0.39 is 0 Å². The molecule has 0 aliphatic rings. The normalized spacial score (nSPS) is 10.6. The van der Waals surface area contributed by atoms with Crippen LogP contribution in [0.2, 0.25) is 0 Å². The van der Waals surface area contributed by atoms with Crippen molar-refractivity contribution in [2.24, 2.45) is 5.73 Å². The number of benzene rings is 2. The highest BCUT2D eigenvalue weighted by Crippen LogP contribution is 2.28. The first-order valence-corrected chi connectivity index (χ1v) is 8.53. The molecular formula is C21H15N5O2. The first kappa shape index (κ1) is 17.4. The van der Waals surface area contributed by atoms with Gasteiger partial charge in [-0.15, -0.1) is 0 Å². The lowest BCUT2D eigenvalue weighted by molar-refractivity contribution is 0.480. The van der Waals surface area contributed by atoms with E-state index in [1.807, 2.05) is 18.2 Å². The Bertz CT molecular complexity index is 1260. The summed E-state index contributed by atoms with van der Waals surface area (Å²) in [6, 6.07) is 16.2. The summed E-state index contributed by atoms with van der Waals surface area (Å²) in [6.07, 6.45) is 3.33. The maximum absolute atomic E-state index is 12.0. The molecule has 0 aliphatic carbocycles. The third kappa shape index (κ3) is 3.32. The molecule has 0 unspecified atom stereocenters. The van der Waals surface area contributed by atoms with Crippen LogP contribution in [-0.4, -0.2) is 15.2 Å². The Morgan fingerprint density at radius 2 is 1.82 bits per heavy atom. The van der Waals surface area contributed by atoms with Gasteiger partial charge in [0.15, 0.2) is 0 Å². The molecule has 0 radical (unpaired) electrons. The second-order valence-electron chi connectivity index (χ2n) is 6.11. The van der Waals surface area contributed by atoms with Crippen LogP contribution in [-0.2, 0) is 6.54 Å². The molecule has 0 atom stereocenters. The van der Waals surface area contributed by atoms with E-state index in [2.05, 4.69) is 21.3 Å². The molecule has 2 heterocycles. The molecule has 0 saturated heterocycles. The van der Waals surface area contributed by atoms with E-state index in [1.165, 1.54) is 0 Å². The van der Waals surface area contributed by atoms with E-state index in [9.17, 15) is 4.79 Å². The number of hydrogen-bond acceptors (Lipinski definition) is 6. The Balaban J connectivity index is 1.70. The molecule has 2 aromatic carbocycles. The van der Waals surface area contributed by atoms with Crippen molar-refractivity contribution in [3.05, 3.63) is 82.5 Å². The topological polar surface area (TPSA) is 118 Å². The highest BCUT2D eigenvalue weighted by Gasteiger charge is 2.09. The van der Waals surface area contributed by atoms with Gasteiger partial charge in [-0.2, -0.15) is 10.4 Å². The number of nitrogens with zero attached hydrogens (tertiary/aromatic N) is 3. The fourth-order valence-electron chi connectivity index (χ4n) is 2.92. The summed E-state index contributed by atoms with van der Waals surface area (Å²) in [6.45, 7) is 0.219. The Morgan fingerprint density at radius 3 is 2.57 bits per heavy atom. The van der Waals surface area contributed by atoms with Crippen LogP contribution in [0, 0.1) is 11.3 Å². The molecule has 0 amide bonds. The van der Waals surface area contributed by atoms with Gasteiger partial charge in [-0.3, -0.25) is 9.78 Å². The third-order valence-electron chi connectivity index (χ3n) is 4.33. The van der Waals surface area contributed by atoms with E-state index in [0.717, 1.165) is 11.1 Å². The van der Waals surface area contributed by atoms with Crippen LogP contribution in [0.3, 0.4) is 0 Å². The number of hydrogen-bond donors (Lipinski definition) is 2. The molecule has 0 spiro atoms. The van der Waals surface area contributed by atoms with Crippen LogP contribution in [0.5, 0.6) is 11.5 Å². The van der Waals surface area contributed by atoms with Crippen LogP contribution < -0.4 is 16.0 Å². The van der Waals surface area contributed by atoms with Gasteiger partial charge >= 0.3 is 0 Å². The zero-order valence-electron chi connectivity index (χ0n) is 14.7. The van der Waals surface area contributed by atoms with Crippen molar-refractivity contribution in [2.75, 3.05) is 0 Å². The second kappa shape index (κ2) is 7.31. The van der Waals surface area contributed by atoms with Crippen LogP contribution in [0.1, 0.15) is 11.3 Å². The second-order valence-corrected chi connectivity index (χ2v) is 6.11. The Labute approximate surface area is 160 Å². The van der Waals surface area contributed by atoms with Gasteiger partial charge in [0, 0.05) is 23.7 Å². The molecule has 7 nitrogen and oxygen atoms in total. The van der Waals surface area contributed by atoms with Gasteiger partial charge in [0.25, 0.3) is 5.56 Å². The van der Waals surface area contributed by atoms with Crippen molar-refractivity contribution < 1.29 is 4.74 Å². The quantitative estimate of drug-likeness (QED) is 0.571. The lowest BCUT2D eigenvalue weighted by Crippen LogP contribution is -2.13. The monoisotopic (exact) mass is 369 g/mol. The molecule has 0 bridgehead atoms. The fourth-order valence-corrected chi connectivity index (χ4v) is 2.92. The minimum Gasteiger partial charge on any atom is -0.456 e. The van der Waals surface area contributed by atoms with Crippen LogP contribution in [0.25, 0.3) is 21.9 Å². The lowest BCUT2D eigenvalue weighted by Gasteiger charge is -2.09. The number of aromatic amines is 1. The average Bonchev–Trinajstić information content (AvgIpc) is 2.74. The maximum Gasteiger partial charge on any atom is 0.272 e. The number of rotatable bonds is 4. The fraction of sp³-hybridized carbons (Fsp3) is 0.0476. The van der Waals surface area contributed by atoms with Gasteiger partial charge in [-0.05, 0) is 48.0 Å². The summed E-state index contributed by atoms with van der Waals surface area (Å²) in [7, 11) is 0. The average molecular weight is 369 g/mol. The number of aromatic nitrogens is 3. The number of nitriles is 1. The molecule has 7 heteroatoms. The van der Waals surface area contributed by atoms with E-state index >= 15 is 0 Å². The zero-order chi connectivity index (χ0) is 19.5. The van der Waals surface area contributed by atoms with Gasteiger partial charge in [-0.1, -0.05) is 6.07 Å². The lowest BCUT2D eigenvalue weighted by atomic mass is 10.0. The number of H-pyrrole nitrogens is 1. The molecule has 3 N–H and O–H groups in total. The SMILES string of the molecule is N#Cc1ccc(Oc2cncc(-c3ccc4c(=O)[nH]nc(CN)c4c3)c2)cc1. The number of ether oxygens (including phenoxy) is 1. The highest BCUT2D eigenvalue weighted by molar-refractivity contribution is 5.88. The minimum absolute atomic E-state index is 0.219. The predicted octanol–water partition coefficient (Wildman–Crippen LogP) is 3.11. The predicted molar refractivity (Wildman–Crippen MR) is 105 cm³/mol. The van der Waals surface area contributed by atoms with Crippen molar-refractivity contribution in [3.63, 3.8) is 0 Å². The van der Waals surface area contributed by atoms with E-state index in [-0.39, 0.29) is 12.1 Å². The molecule has 136 valence electrons. The van der Waals surface area contributed by atoms with Crippen LogP contribution in [0.15, 0.2) is 65.7 Å². The molecule has 28 heavy (non-hydrogen) atoms. The zero-order valence-corrected chi connectivity index (χ0v) is 14.7. The van der Waals surface area contributed by atoms with Crippen LogP contribution >= 0.6 is 0 Å². The van der Waals surface area contributed by atoms with Crippen molar-refractivity contribution >= 4 is 10.8 Å². The van der Waals surface area contributed by atoms with Crippen molar-refractivity contribution in [1.29, 1.82) is 5.26 Å². The van der Waals surface area contributed by atoms with Gasteiger partial charge < -0.3 is 10.5 Å². The molecule has 4 rings (SSSR count). The van der Waals surface area contributed by atoms with Gasteiger partial charge in [0.1, 0.15) is 11.5 Å². The van der Waals surface area contributed by atoms with Crippen molar-refractivity contribution in [2.45, 2.75) is 6.54 Å². The maximum atomic E-state index is 12.0. The Kier molecular flexibility index (Phi) is 4.54. The summed E-state index contributed by atoms with van der Waals surface area (Å²) < 4.78 is 5.83. The summed E-state index contributed by atoms with van der Waals surface area (Å²) in [5.41, 5.74) is 8.38. The molecule has 4 aromatic rings. The summed E-state index contributed by atoms with van der Waals surface area (Å²) >= 11 is 0. The van der Waals surface area contributed by atoms with E-state index in [1.54, 1.807) is 42.7 Å². The number of nitrogens with one attached hydrogen (secondary N) is 1. The largest absolute Gasteiger partial charge is 0.456 e. The van der Waals surface area contributed by atoms with E-state index in [0.29, 0.717) is 33.5 Å². The molecule has 0 fully saturated rings. The van der Waals surface area contributed by atoms with E-state index in [4.69, 9.17) is 15.7 Å². The molecular weight excluding hydrogens is 354 g/mol. The highest BCUT2D eigenvalue weighted by atomic mass is 16.5. The first-order valence-electron chi connectivity index (χ1n) is 8.53. The smallest absolute Gasteiger partial charge is 0.272 e. The third-order valence-corrected chi connectivity index (χ3v) is 4.33. The Morgan fingerprint density at radius 1 is 1.00 bits per heavy atom. The summed E-state index contributed by atoms with van der Waals surface area (Å²) in [4.78, 5) is 16.2. The Hall–Kier alpha value is -4.02. The standard InChI is InChI=1S/C21H15N5O2/c22-9-13-1-4-16(5-2-13)28-17-7-15(11-24-12-17)14-3-6-18-19(8-14)20(10-23)25-26-21(18)27/h1-8,11-12H,10,23H2,(H,26,27). The number of pyridine rings is 1. The molecule has 0 aliphatic heterocycles. The summed E-state index contributed by atoms with van der Waals surface area (Å²) in [5, 5.41) is 16.6. The first-order chi connectivity index (χ1) is 13.7. The number of nitrogens with two attached hydrogens (primary N) is 1. The van der Waals surface area contributed by atoms with Gasteiger partial charge in [0.2, 0.25) is 0 Å². The van der Waals surface area contributed by atoms with Gasteiger partial charge in [0.05, 0.1) is 28.9 Å².